The number of aliphatic hydroxyl groups is 1. The number of allylic oxidation sites excluding steroid dienone is 1. The molecule has 48 heavy (non-hydrogen) atoms. The van der Waals surface area contributed by atoms with Crippen LogP contribution in [-0.4, -0.2) is 77.7 Å². The number of hydrogen-bond acceptors (Lipinski definition) is 7. The smallest absolute Gasteiger partial charge is 0.306 e. The fourth-order valence-corrected chi connectivity index (χ4v) is 7.53. The number of carbonyl (C=O) groups is 4. The van der Waals surface area contributed by atoms with Crippen LogP contribution in [0.5, 0.6) is 0 Å². The number of unbranched alkanes of at least 4 members (excludes halogenated alkanes) is 2. The van der Waals surface area contributed by atoms with Gasteiger partial charge in [-0.2, -0.15) is 0 Å². The Balaban J connectivity index is 1.44. The van der Waals surface area contributed by atoms with Crippen molar-refractivity contribution in [2.45, 2.75) is 68.7 Å². The van der Waals surface area contributed by atoms with Crippen LogP contribution >= 0.6 is 11.6 Å². The van der Waals surface area contributed by atoms with Crippen LogP contribution in [0.2, 0.25) is 5.02 Å². The molecule has 5 rings (SSSR count). The largest absolute Gasteiger partial charge is 0.463 e. The molecular weight excluding hydrogens is 634 g/mol. The number of nitrogens with zero attached hydrogens (tertiary/aromatic N) is 2. The van der Waals surface area contributed by atoms with Gasteiger partial charge < -0.3 is 29.7 Å². The van der Waals surface area contributed by atoms with E-state index in [2.05, 4.69) is 18.5 Å². The Hall–Kier alpha value is -3.99. The number of fused-ring (bicyclic) bond motifs is 1. The van der Waals surface area contributed by atoms with Crippen molar-refractivity contribution >= 4 is 41.0 Å². The first-order valence-electron chi connectivity index (χ1n) is 16.6. The normalized spacial score (nSPS) is 24.5. The molecule has 0 saturated carbocycles. The zero-order chi connectivity index (χ0) is 34.3. The lowest BCUT2D eigenvalue weighted by atomic mass is 9.70. The number of amides is 3. The molecular formula is C37H44ClN3O7. The van der Waals surface area contributed by atoms with E-state index in [0.717, 1.165) is 5.56 Å². The summed E-state index contributed by atoms with van der Waals surface area (Å²) in [6.45, 7) is 7.93. The SMILES string of the molecule is C=CCCC(=O)OC[C@H](NC(=O)[C@@H]1[C@@H]2CC[C@]3(O2)[C@H](C(=O)N(CC=C)c2ccc(Cl)cc2)N(CCCCCO)C(=O)[C@@H]13)c1ccccc1. The number of carbonyl (C=O) groups excluding carboxylic acids is 4. The van der Waals surface area contributed by atoms with Crippen LogP contribution in [0.15, 0.2) is 79.9 Å². The summed E-state index contributed by atoms with van der Waals surface area (Å²) in [7, 11) is 0. The van der Waals surface area contributed by atoms with Gasteiger partial charge in [-0.15, -0.1) is 13.2 Å². The highest BCUT2D eigenvalue weighted by atomic mass is 35.5. The predicted octanol–water partition coefficient (Wildman–Crippen LogP) is 4.76. The van der Waals surface area contributed by atoms with Crippen LogP contribution in [-0.2, 0) is 28.7 Å². The van der Waals surface area contributed by atoms with Crippen molar-refractivity contribution in [3.05, 3.63) is 90.5 Å². The summed E-state index contributed by atoms with van der Waals surface area (Å²) in [4.78, 5) is 58.8. The van der Waals surface area contributed by atoms with Crippen LogP contribution in [0.4, 0.5) is 5.69 Å². The van der Waals surface area contributed by atoms with E-state index in [-0.39, 0.29) is 50.4 Å². The number of esters is 1. The molecule has 3 amide bonds. The minimum absolute atomic E-state index is 0.0335. The molecule has 2 aromatic rings. The van der Waals surface area contributed by atoms with Crippen LogP contribution in [0.1, 0.15) is 56.6 Å². The van der Waals surface area contributed by atoms with Crippen LogP contribution in [0, 0.1) is 11.8 Å². The lowest BCUT2D eigenvalue weighted by Crippen LogP contribution is -2.56. The van der Waals surface area contributed by atoms with E-state index in [9.17, 15) is 24.3 Å². The average molecular weight is 678 g/mol. The van der Waals surface area contributed by atoms with Crippen LogP contribution in [0.3, 0.4) is 0 Å². The zero-order valence-electron chi connectivity index (χ0n) is 27.1. The van der Waals surface area contributed by atoms with Crippen molar-refractivity contribution in [2.75, 3.05) is 31.2 Å². The van der Waals surface area contributed by atoms with E-state index in [1.54, 1.807) is 46.2 Å². The monoisotopic (exact) mass is 677 g/mol. The summed E-state index contributed by atoms with van der Waals surface area (Å²) in [6.07, 6.45) is 6.16. The Morgan fingerprint density at radius 1 is 1.10 bits per heavy atom. The molecule has 256 valence electrons. The van der Waals surface area contributed by atoms with Gasteiger partial charge in [0.15, 0.2) is 0 Å². The predicted molar refractivity (Wildman–Crippen MR) is 182 cm³/mol. The molecule has 3 saturated heterocycles. The Bertz CT molecular complexity index is 1490. The molecule has 3 heterocycles. The van der Waals surface area contributed by atoms with Gasteiger partial charge in [0.1, 0.15) is 18.2 Å². The highest BCUT2D eigenvalue weighted by molar-refractivity contribution is 6.30. The number of ether oxygens (including phenoxy) is 2. The number of anilines is 1. The number of nitrogens with one attached hydrogen (secondary N) is 1. The van der Waals surface area contributed by atoms with Crippen LogP contribution in [0.25, 0.3) is 0 Å². The molecule has 11 heteroatoms. The van der Waals surface area contributed by atoms with Gasteiger partial charge in [0.05, 0.1) is 24.0 Å². The van der Waals surface area contributed by atoms with Gasteiger partial charge in [-0.1, -0.05) is 54.1 Å². The molecule has 3 fully saturated rings. The first-order chi connectivity index (χ1) is 23.2. The van der Waals surface area contributed by atoms with Gasteiger partial charge in [-0.05, 0) is 68.4 Å². The molecule has 0 aliphatic carbocycles. The molecule has 2 aromatic carbocycles. The molecule has 3 aliphatic rings. The summed E-state index contributed by atoms with van der Waals surface area (Å²) in [5.74, 6) is -3.10. The second-order valence-corrected chi connectivity index (χ2v) is 13.0. The Morgan fingerprint density at radius 2 is 1.85 bits per heavy atom. The minimum Gasteiger partial charge on any atom is -0.463 e. The molecule has 2 N–H and O–H groups in total. The summed E-state index contributed by atoms with van der Waals surface area (Å²) >= 11 is 6.14. The van der Waals surface area contributed by atoms with Gasteiger partial charge in [0.2, 0.25) is 11.8 Å². The van der Waals surface area contributed by atoms with Gasteiger partial charge in [0, 0.05) is 36.8 Å². The van der Waals surface area contributed by atoms with E-state index in [1.807, 2.05) is 30.3 Å². The van der Waals surface area contributed by atoms with Crippen molar-refractivity contribution in [3.8, 4) is 0 Å². The molecule has 10 nitrogen and oxygen atoms in total. The van der Waals surface area contributed by atoms with Gasteiger partial charge in [-0.3, -0.25) is 19.2 Å². The van der Waals surface area contributed by atoms with Crippen molar-refractivity contribution < 1.29 is 33.8 Å². The quantitative estimate of drug-likeness (QED) is 0.141. The fourth-order valence-electron chi connectivity index (χ4n) is 7.41. The molecule has 0 radical (unpaired) electrons. The number of benzene rings is 2. The second kappa shape index (κ2) is 15.9. The number of rotatable bonds is 17. The van der Waals surface area contributed by atoms with Crippen molar-refractivity contribution in [1.82, 2.24) is 10.2 Å². The lowest BCUT2D eigenvalue weighted by molar-refractivity contribution is -0.146. The molecule has 1 spiro atoms. The van der Waals surface area contributed by atoms with E-state index < -0.39 is 41.6 Å². The van der Waals surface area contributed by atoms with E-state index in [0.29, 0.717) is 49.2 Å². The highest BCUT2D eigenvalue weighted by Gasteiger charge is 2.74. The third-order valence-electron chi connectivity index (χ3n) is 9.59. The molecule has 3 aliphatic heterocycles. The standard InChI is InChI=1S/C37H44ClN3O7/c1-3-5-14-30(43)47-24-28(25-12-8-6-9-13-25)39-34(44)31-29-19-20-37(48-29)32(31)35(45)41(22-10-7-11-23-42)33(37)36(46)40(21-4-2)27-17-15-26(38)16-18-27/h3-4,6,8-9,12-13,15-18,28-29,31-33,42H,1-2,5,7,10-11,14,19-24H2,(H,39,44)/t28-,29-,31+,32+,33-,37+/m0/s1. The number of hydrogen-bond donors (Lipinski definition) is 2. The first-order valence-corrected chi connectivity index (χ1v) is 17.0. The topological polar surface area (TPSA) is 125 Å². The highest BCUT2D eigenvalue weighted by Crippen LogP contribution is 2.58. The van der Waals surface area contributed by atoms with Gasteiger partial charge in [0.25, 0.3) is 5.91 Å². The summed E-state index contributed by atoms with van der Waals surface area (Å²) in [5.41, 5.74) is 0.163. The minimum atomic E-state index is -1.19. The summed E-state index contributed by atoms with van der Waals surface area (Å²) < 4.78 is 12.2. The molecule has 6 atom stereocenters. The van der Waals surface area contributed by atoms with E-state index in [1.165, 1.54) is 0 Å². The Morgan fingerprint density at radius 3 is 2.54 bits per heavy atom. The lowest BCUT2D eigenvalue weighted by Gasteiger charge is -2.37. The Labute approximate surface area is 286 Å². The van der Waals surface area contributed by atoms with E-state index in [4.69, 9.17) is 21.1 Å². The third-order valence-corrected chi connectivity index (χ3v) is 9.84. The number of halogens is 1. The average Bonchev–Trinajstić information content (AvgIpc) is 3.74. The number of aliphatic hydroxyl groups excluding tert-OH is 1. The van der Waals surface area contributed by atoms with Crippen LogP contribution < -0.4 is 10.2 Å². The van der Waals surface area contributed by atoms with E-state index >= 15 is 0 Å². The van der Waals surface area contributed by atoms with Gasteiger partial charge >= 0.3 is 5.97 Å². The maximum Gasteiger partial charge on any atom is 0.306 e. The van der Waals surface area contributed by atoms with Crippen molar-refractivity contribution in [3.63, 3.8) is 0 Å². The Kier molecular flexibility index (Phi) is 11.7. The second-order valence-electron chi connectivity index (χ2n) is 12.6. The zero-order valence-corrected chi connectivity index (χ0v) is 27.9. The summed E-state index contributed by atoms with van der Waals surface area (Å²) in [6, 6.07) is 14.5. The van der Waals surface area contributed by atoms with Gasteiger partial charge in [-0.25, -0.2) is 0 Å². The first kappa shape index (κ1) is 35.3. The fraction of sp³-hybridized carbons (Fsp3) is 0.459. The van der Waals surface area contributed by atoms with Crippen molar-refractivity contribution in [2.24, 2.45) is 11.8 Å². The maximum atomic E-state index is 14.6. The molecule has 0 aromatic heterocycles. The number of likely N-dealkylation sites (tertiary alicyclic amines) is 1. The molecule has 0 unspecified atom stereocenters. The maximum absolute atomic E-state index is 14.6. The summed E-state index contributed by atoms with van der Waals surface area (Å²) in [5, 5.41) is 12.9. The van der Waals surface area contributed by atoms with Crippen molar-refractivity contribution in [1.29, 1.82) is 0 Å². The molecule has 2 bridgehead atoms. The third kappa shape index (κ3) is 7.21.